The number of aryl methyl sites for hydroxylation is 1. The fraction of sp³-hybridized carbons (Fsp3) is 0.667. The second-order valence-electron chi connectivity index (χ2n) is 2.26. The smallest absolute Gasteiger partial charge is 0.115 e. The first kappa shape index (κ1) is 8.16. The van der Waals surface area contributed by atoms with Crippen LogP contribution < -0.4 is 5.73 Å². The van der Waals surface area contributed by atoms with Crippen LogP contribution in [0.3, 0.4) is 0 Å². The van der Waals surface area contributed by atoms with Gasteiger partial charge in [0.25, 0.3) is 0 Å². The lowest BCUT2D eigenvalue weighted by atomic mass is 10.2. The van der Waals surface area contributed by atoms with Crippen LogP contribution in [-0.2, 0) is 6.42 Å². The van der Waals surface area contributed by atoms with E-state index < -0.39 is 6.10 Å². The van der Waals surface area contributed by atoms with Crippen molar-refractivity contribution < 1.29 is 5.11 Å². The van der Waals surface area contributed by atoms with E-state index in [2.05, 4.69) is 15.4 Å². The number of aliphatic hydroxyl groups is 1. The number of nitrogens with two attached hydrogens (primary N) is 1. The molecule has 0 radical (unpaired) electrons. The molecular formula is C6H12N4O. The van der Waals surface area contributed by atoms with Gasteiger partial charge in [0.15, 0.2) is 0 Å². The number of nitrogens with zero attached hydrogens (tertiary/aromatic N) is 2. The predicted molar refractivity (Wildman–Crippen MR) is 39.8 cm³/mol. The van der Waals surface area contributed by atoms with Gasteiger partial charge in [-0.05, 0) is 6.42 Å². The molecule has 0 spiro atoms. The third-order valence-corrected chi connectivity index (χ3v) is 1.52. The number of nitrogens with one attached hydrogen (secondary N) is 1. The maximum absolute atomic E-state index is 9.28. The minimum atomic E-state index is -0.691. The van der Waals surface area contributed by atoms with Gasteiger partial charge in [0.2, 0.25) is 0 Å². The molecule has 5 heteroatoms. The molecule has 1 aromatic rings. The summed E-state index contributed by atoms with van der Waals surface area (Å²) in [5, 5.41) is 19.4. The number of aromatic amines is 1. The summed E-state index contributed by atoms with van der Waals surface area (Å²) in [7, 11) is 0. The van der Waals surface area contributed by atoms with Crippen molar-refractivity contribution in [2.75, 3.05) is 6.54 Å². The third kappa shape index (κ3) is 1.55. The number of hydrogen-bond donors (Lipinski definition) is 3. The van der Waals surface area contributed by atoms with Crippen molar-refractivity contribution in [3.05, 3.63) is 11.4 Å². The molecule has 0 amide bonds. The molecule has 0 aliphatic carbocycles. The average molecular weight is 156 g/mol. The Morgan fingerprint density at radius 3 is 2.91 bits per heavy atom. The van der Waals surface area contributed by atoms with Gasteiger partial charge in [0.05, 0.1) is 5.69 Å². The van der Waals surface area contributed by atoms with E-state index in [-0.39, 0.29) is 6.54 Å². The molecule has 0 aliphatic rings. The Bertz CT molecular complexity index is 222. The lowest BCUT2D eigenvalue weighted by Crippen LogP contribution is -2.13. The summed E-state index contributed by atoms with van der Waals surface area (Å²) in [6, 6.07) is 0. The molecule has 0 saturated carbocycles. The molecular weight excluding hydrogens is 144 g/mol. The van der Waals surface area contributed by atoms with E-state index in [0.717, 1.165) is 12.1 Å². The molecule has 0 aliphatic heterocycles. The van der Waals surface area contributed by atoms with Crippen LogP contribution in [0.4, 0.5) is 0 Å². The number of hydrogen-bond acceptors (Lipinski definition) is 4. The van der Waals surface area contributed by atoms with Crippen LogP contribution in [0.1, 0.15) is 24.4 Å². The van der Waals surface area contributed by atoms with Gasteiger partial charge in [-0.1, -0.05) is 6.92 Å². The quantitative estimate of drug-likeness (QED) is 0.543. The Hall–Kier alpha value is -0.940. The minimum absolute atomic E-state index is 0.180. The van der Waals surface area contributed by atoms with Gasteiger partial charge in [-0.15, -0.1) is 0 Å². The van der Waals surface area contributed by atoms with Crippen molar-refractivity contribution in [2.24, 2.45) is 5.73 Å². The fourth-order valence-electron chi connectivity index (χ4n) is 0.900. The molecule has 1 unspecified atom stereocenters. The summed E-state index contributed by atoms with van der Waals surface area (Å²) in [4.78, 5) is 0. The maximum atomic E-state index is 9.28. The second-order valence-corrected chi connectivity index (χ2v) is 2.26. The van der Waals surface area contributed by atoms with Gasteiger partial charge in [-0.3, -0.25) is 0 Å². The zero-order valence-corrected chi connectivity index (χ0v) is 6.41. The highest BCUT2D eigenvalue weighted by Crippen LogP contribution is 2.11. The van der Waals surface area contributed by atoms with E-state index in [1.54, 1.807) is 0 Å². The molecule has 0 aromatic carbocycles. The number of H-pyrrole nitrogens is 1. The fourth-order valence-corrected chi connectivity index (χ4v) is 0.900. The molecule has 1 rings (SSSR count). The van der Waals surface area contributed by atoms with Crippen molar-refractivity contribution in [1.82, 2.24) is 15.4 Å². The normalized spacial score (nSPS) is 13.4. The monoisotopic (exact) mass is 156 g/mol. The SMILES string of the molecule is CCc1n[nH]nc1C(O)CN. The summed E-state index contributed by atoms with van der Waals surface area (Å²) in [5.41, 5.74) is 6.60. The standard InChI is InChI=1S/C6H12N4O/c1-2-4-6(5(11)3-7)9-10-8-4/h5,11H,2-3,7H2,1H3,(H,8,9,10). The molecule has 1 atom stereocenters. The second kappa shape index (κ2) is 3.45. The first-order chi connectivity index (χ1) is 5.29. The lowest BCUT2D eigenvalue weighted by molar-refractivity contribution is 0.180. The van der Waals surface area contributed by atoms with Crippen LogP contribution in [0.2, 0.25) is 0 Å². The van der Waals surface area contributed by atoms with Crippen LogP contribution in [0.25, 0.3) is 0 Å². The molecule has 0 fully saturated rings. The Labute approximate surface area is 64.6 Å². The summed E-state index contributed by atoms with van der Waals surface area (Å²) < 4.78 is 0. The topological polar surface area (TPSA) is 87.8 Å². The maximum Gasteiger partial charge on any atom is 0.115 e. The van der Waals surface area contributed by atoms with Crippen molar-refractivity contribution in [1.29, 1.82) is 0 Å². The largest absolute Gasteiger partial charge is 0.385 e. The Morgan fingerprint density at radius 1 is 1.64 bits per heavy atom. The first-order valence-corrected chi connectivity index (χ1v) is 3.57. The zero-order valence-electron chi connectivity index (χ0n) is 6.41. The van der Waals surface area contributed by atoms with Crippen LogP contribution in [0.5, 0.6) is 0 Å². The van der Waals surface area contributed by atoms with Crippen LogP contribution in [-0.4, -0.2) is 27.1 Å². The molecule has 11 heavy (non-hydrogen) atoms. The van der Waals surface area contributed by atoms with Gasteiger partial charge in [-0.25, -0.2) is 0 Å². The molecule has 62 valence electrons. The Balaban J connectivity index is 2.83. The van der Waals surface area contributed by atoms with E-state index in [0.29, 0.717) is 5.69 Å². The van der Waals surface area contributed by atoms with Crippen LogP contribution in [0.15, 0.2) is 0 Å². The van der Waals surface area contributed by atoms with E-state index >= 15 is 0 Å². The Morgan fingerprint density at radius 2 is 2.36 bits per heavy atom. The van der Waals surface area contributed by atoms with Crippen molar-refractivity contribution in [2.45, 2.75) is 19.4 Å². The van der Waals surface area contributed by atoms with Crippen molar-refractivity contribution in [3.63, 3.8) is 0 Å². The molecule has 1 heterocycles. The van der Waals surface area contributed by atoms with E-state index in [1.165, 1.54) is 0 Å². The Kier molecular flexibility index (Phi) is 2.56. The molecule has 4 N–H and O–H groups in total. The van der Waals surface area contributed by atoms with E-state index in [9.17, 15) is 5.11 Å². The van der Waals surface area contributed by atoms with Crippen LogP contribution in [0, 0.1) is 0 Å². The third-order valence-electron chi connectivity index (χ3n) is 1.52. The predicted octanol–water partition coefficient (Wildman–Crippen LogP) is -0.641. The minimum Gasteiger partial charge on any atom is -0.385 e. The molecule has 1 aromatic heterocycles. The number of aliphatic hydroxyl groups excluding tert-OH is 1. The van der Waals surface area contributed by atoms with Crippen LogP contribution >= 0.6 is 0 Å². The summed E-state index contributed by atoms with van der Waals surface area (Å²) in [6.07, 6.45) is 0.0619. The summed E-state index contributed by atoms with van der Waals surface area (Å²) >= 11 is 0. The first-order valence-electron chi connectivity index (χ1n) is 3.57. The number of aromatic nitrogens is 3. The van der Waals surface area contributed by atoms with Crippen molar-refractivity contribution >= 4 is 0 Å². The summed E-state index contributed by atoms with van der Waals surface area (Å²) in [5.74, 6) is 0. The molecule has 5 nitrogen and oxygen atoms in total. The van der Waals surface area contributed by atoms with Gasteiger partial charge in [-0.2, -0.15) is 15.4 Å². The highest BCUT2D eigenvalue weighted by molar-refractivity contribution is 5.11. The highest BCUT2D eigenvalue weighted by Gasteiger charge is 2.13. The zero-order chi connectivity index (χ0) is 8.27. The van der Waals surface area contributed by atoms with E-state index in [4.69, 9.17) is 5.73 Å². The number of rotatable bonds is 3. The van der Waals surface area contributed by atoms with Gasteiger partial charge >= 0.3 is 0 Å². The van der Waals surface area contributed by atoms with Gasteiger partial charge in [0, 0.05) is 6.54 Å². The molecule has 0 bridgehead atoms. The summed E-state index contributed by atoms with van der Waals surface area (Å²) in [6.45, 7) is 2.13. The lowest BCUT2D eigenvalue weighted by Gasteiger charge is -2.03. The van der Waals surface area contributed by atoms with Gasteiger partial charge < -0.3 is 10.8 Å². The average Bonchev–Trinajstić information content (AvgIpc) is 2.50. The highest BCUT2D eigenvalue weighted by atomic mass is 16.3. The van der Waals surface area contributed by atoms with Crippen molar-refractivity contribution in [3.8, 4) is 0 Å². The molecule has 0 saturated heterocycles. The van der Waals surface area contributed by atoms with Gasteiger partial charge in [0.1, 0.15) is 11.8 Å². The van der Waals surface area contributed by atoms with E-state index in [1.807, 2.05) is 6.92 Å².